The summed E-state index contributed by atoms with van der Waals surface area (Å²) >= 11 is 12.6. The number of carbonyl (C=O) groups excluding carboxylic acids is 1. The largest absolute Gasteiger partial charge is 0.341 e. The molecule has 0 saturated heterocycles. The van der Waals surface area contributed by atoms with Crippen LogP contribution in [-0.4, -0.2) is 32.2 Å². The van der Waals surface area contributed by atoms with Gasteiger partial charge < -0.3 is 5.32 Å². The zero-order valence-electron chi connectivity index (χ0n) is 18.1. The van der Waals surface area contributed by atoms with Crippen LogP contribution in [0.1, 0.15) is 0 Å². The molecule has 3 aromatic heterocycles. The molecule has 2 N–H and O–H groups in total. The second kappa shape index (κ2) is 8.48. The van der Waals surface area contributed by atoms with E-state index >= 15 is 0 Å². The highest BCUT2D eigenvalue weighted by atomic mass is 35.5. The minimum absolute atomic E-state index is 0.245. The highest BCUT2D eigenvalue weighted by Gasteiger charge is 2.18. The second-order valence-electron chi connectivity index (χ2n) is 7.63. The van der Waals surface area contributed by atoms with Crippen LogP contribution in [0, 0.1) is 0 Å². The van der Waals surface area contributed by atoms with Gasteiger partial charge in [0.05, 0.1) is 33.5 Å². The average Bonchev–Trinajstić information content (AvgIpc) is 3.09. The highest BCUT2D eigenvalue weighted by Crippen LogP contribution is 2.32. The Morgan fingerprint density at radius 3 is 2.47 bits per heavy atom. The molecule has 170 valence electrons. The number of fused-ring (bicyclic) bond motifs is 3. The van der Waals surface area contributed by atoms with E-state index in [2.05, 4.69) is 20.6 Å². The van der Waals surface area contributed by atoms with Crippen LogP contribution in [0.3, 0.4) is 0 Å². The van der Waals surface area contributed by atoms with Crippen molar-refractivity contribution < 1.29 is 4.79 Å². The summed E-state index contributed by atoms with van der Waals surface area (Å²) in [5, 5.41) is 6.75. The first-order valence-electron chi connectivity index (χ1n) is 10.3. The number of carbonyl (C=O) groups is 1. The lowest BCUT2D eigenvalue weighted by molar-refractivity contribution is 0.254. The van der Waals surface area contributed by atoms with Crippen LogP contribution in [0.15, 0.2) is 65.7 Å². The summed E-state index contributed by atoms with van der Waals surface area (Å²) in [6, 6.07) is 14.1. The Morgan fingerprint density at radius 1 is 0.971 bits per heavy atom. The van der Waals surface area contributed by atoms with Gasteiger partial charge in [0, 0.05) is 36.3 Å². The molecule has 10 heteroatoms. The number of pyridine rings is 2. The maximum Gasteiger partial charge on any atom is 0.333 e. The number of hydrogen-bond acceptors (Lipinski definition) is 4. The lowest BCUT2D eigenvalue weighted by atomic mass is 10.0. The van der Waals surface area contributed by atoms with E-state index in [0.717, 1.165) is 22.0 Å². The van der Waals surface area contributed by atoms with Crippen molar-refractivity contribution in [3.8, 4) is 16.8 Å². The van der Waals surface area contributed by atoms with Gasteiger partial charge in [-0.25, -0.2) is 14.6 Å². The Balaban J connectivity index is 1.72. The molecule has 0 aliphatic heterocycles. The van der Waals surface area contributed by atoms with Gasteiger partial charge in [-0.05, 0) is 48.0 Å². The van der Waals surface area contributed by atoms with Crippen LogP contribution in [0.2, 0.25) is 10.0 Å². The normalized spacial score (nSPS) is 11.2. The van der Waals surface area contributed by atoms with E-state index in [-0.39, 0.29) is 11.7 Å². The molecule has 2 amide bonds. The molecule has 0 atom stereocenters. The molecule has 0 saturated carbocycles. The van der Waals surface area contributed by atoms with Crippen molar-refractivity contribution >= 4 is 57.0 Å². The van der Waals surface area contributed by atoms with Gasteiger partial charge in [-0.15, -0.1) is 0 Å². The molecule has 2 aromatic carbocycles. The number of aromatic nitrogens is 4. The molecule has 34 heavy (non-hydrogen) atoms. The molecule has 0 aliphatic carbocycles. The van der Waals surface area contributed by atoms with Crippen molar-refractivity contribution in [2.75, 3.05) is 12.4 Å². The molecule has 3 heterocycles. The number of hydrogen-bond donors (Lipinski definition) is 2. The molecule has 0 aliphatic rings. The topological polar surface area (TPSA) is 93.8 Å². The number of benzene rings is 2. The summed E-state index contributed by atoms with van der Waals surface area (Å²) in [6.07, 6.45) is 3.36. The lowest BCUT2D eigenvalue weighted by Gasteiger charge is -2.10. The molecular weight excluding hydrogens is 475 g/mol. The van der Waals surface area contributed by atoms with Crippen molar-refractivity contribution in [2.45, 2.75) is 0 Å². The van der Waals surface area contributed by atoms with Crippen LogP contribution in [0.4, 0.5) is 10.6 Å². The number of urea groups is 1. The Labute approximate surface area is 203 Å². The maximum absolute atomic E-state index is 13.2. The average molecular weight is 493 g/mol. The number of nitrogens with one attached hydrogen (secondary N) is 2. The number of anilines is 1. The smallest absolute Gasteiger partial charge is 0.333 e. The third-order valence-corrected chi connectivity index (χ3v) is 6.14. The van der Waals surface area contributed by atoms with E-state index in [0.29, 0.717) is 32.6 Å². The van der Waals surface area contributed by atoms with Gasteiger partial charge in [0.25, 0.3) is 0 Å². The molecule has 8 nitrogen and oxygen atoms in total. The van der Waals surface area contributed by atoms with Crippen LogP contribution in [-0.2, 0) is 7.05 Å². The minimum atomic E-state index is -0.345. The van der Waals surface area contributed by atoms with Crippen molar-refractivity contribution in [1.82, 2.24) is 24.4 Å². The summed E-state index contributed by atoms with van der Waals surface area (Å²) in [5.74, 6) is 0.433. The van der Waals surface area contributed by atoms with Crippen LogP contribution >= 0.6 is 23.2 Å². The molecule has 0 fully saturated rings. The van der Waals surface area contributed by atoms with E-state index in [1.165, 1.54) is 7.05 Å². The number of nitrogens with zero attached hydrogens (tertiary/aromatic N) is 4. The van der Waals surface area contributed by atoms with E-state index in [1.807, 2.05) is 24.3 Å². The van der Waals surface area contributed by atoms with Crippen LogP contribution in [0.25, 0.3) is 38.8 Å². The van der Waals surface area contributed by atoms with Gasteiger partial charge in [-0.3, -0.25) is 19.4 Å². The molecule has 0 bridgehead atoms. The fraction of sp³-hybridized carbons (Fsp3) is 0.0833. The quantitative estimate of drug-likeness (QED) is 0.370. The van der Waals surface area contributed by atoms with E-state index in [4.69, 9.17) is 23.2 Å². The van der Waals surface area contributed by atoms with Crippen molar-refractivity contribution in [2.24, 2.45) is 7.05 Å². The lowest BCUT2D eigenvalue weighted by Crippen LogP contribution is -2.24. The summed E-state index contributed by atoms with van der Waals surface area (Å²) in [6.45, 7) is 0. The summed E-state index contributed by atoms with van der Waals surface area (Å²) in [4.78, 5) is 33.6. The van der Waals surface area contributed by atoms with E-state index in [1.54, 1.807) is 52.8 Å². The summed E-state index contributed by atoms with van der Waals surface area (Å²) < 4.78 is 3.12. The zero-order valence-corrected chi connectivity index (χ0v) is 19.6. The molecule has 0 radical (unpaired) electrons. The first-order valence-corrected chi connectivity index (χ1v) is 11.0. The van der Waals surface area contributed by atoms with E-state index < -0.39 is 0 Å². The third-order valence-electron chi connectivity index (χ3n) is 5.60. The van der Waals surface area contributed by atoms with Gasteiger partial charge >= 0.3 is 11.7 Å². The first kappa shape index (κ1) is 21.9. The summed E-state index contributed by atoms with van der Waals surface area (Å²) in [5.41, 5.74) is 4.10. The van der Waals surface area contributed by atoms with E-state index in [9.17, 15) is 9.59 Å². The monoisotopic (exact) mass is 492 g/mol. The Morgan fingerprint density at radius 2 is 1.76 bits per heavy atom. The van der Waals surface area contributed by atoms with Gasteiger partial charge in [0.1, 0.15) is 5.82 Å². The minimum Gasteiger partial charge on any atom is -0.341 e. The molecule has 0 unspecified atom stereocenters. The number of halogens is 2. The molecule has 5 rings (SSSR count). The van der Waals surface area contributed by atoms with Crippen LogP contribution in [0.5, 0.6) is 0 Å². The third kappa shape index (κ3) is 3.67. The number of imidazole rings is 1. The van der Waals surface area contributed by atoms with Crippen molar-refractivity contribution in [3.63, 3.8) is 0 Å². The molecule has 0 spiro atoms. The SMILES string of the molecule is CNC(=O)Nc1ccc(-c2ccc3ncc4c(c3c2)n(-c2ccc(Cl)cc2Cl)c(=O)n4C)cn1. The fourth-order valence-electron chi connectivity index (χ4n) is 3.88. The zero-order chi connectivity index (χ0) is 24.0. The number of amides is 2. The van der Waals surface area contributed by atoms with Gasteiger partial charge in [0.2, 0.25) is 0 Å². The predicted octanol–water partition coefficient (Wildman–Crippen LogP) is 5.00. The second-order valence-corrected chi connectivity index (χ2v) is 8.48. The van der Waals surface area contributed by atoms with Gasteiger partial charge in [-0.2, -0.15) is 0 Å². The Hall–Kier alpha value is -3.88. The standard InChI is InChI=1S/C24H18Cl2N6O2/c1-27-23(33)30-21-8-4-14(11-29-21)13-3-6-18-16(9-13)22-20(12-28-18)31(2)24(34)32(22)19-7-5-15(25)10-17(19)26/h3-12H,1-2H3,(H2,27,29,30,33). The number of rotatable bonds is 3. The van der Waals surface area contributed by atoms with Gasteiger partial charge in [-0.1, -0.05) is 29.3 Å². The fourth-order valence-corrected chi connectivity index (χ4v) is 4.37. The number of aryl methyl sites for hydroxylation is 1. The Kier molecular flexibility index (Phi) is 5.47. The first-order chi connectivity index (χ1) is 16.4. The maximum atomic E-state index is 13.2. The van der Waals surface area contributed by atoms with Crippen molar-refractivity contribution in [3.05, 3.63) is 81.5 Å². The van der Waals surface area contributed by atoms with Crippen molar-refractivity contribution in [1.29, 1.82) is 0 Å². The summed E-state index contributed by atoms with van der Waals surface area (Å²) in [7, 11) is 3.23. The Bertz CT molecular complexity index is 1640. The molecular formula is C24H18Cl2N6O2. The van der Waals surface area contributed by atoms with Gasteiger partial charge in [0.15, 0.2) is 0 Å². The highest BCUT2D eigenvalue weighted by molar-refractivity contribution is 6.35. The molecule has 5 aromatic rings. The predicted molar refractivity (Wildman–Crippen MR) is 135 cm³/mol. The van der Waals surface area contributed by atoms with Crippen LogP contribution < -0.4 is 16.3 Å².